The molecule has 3 aromatic rings. The highest BCUT2D eigenvalue weighted by molar-refractivity contribution is 7.09. The van der Waals surface area contributed by atoms with E-state index in [9.17, 15) is 13.6 Å². The van der Waals surface area contributed by atoms with Gasteiger partial charge in [-0.3, -0.25) is 9.69 Å². The Morgan fingerprint density at radius 3 is 2.45 bits per heavy atom. The largest absolute Gasteiger partial charge is 0.324 e. The molecule has 0 spiro atoms. The lowest BCUT2D eigenvalue weighted by molar-refractivity contribution is -0.117. The highest BCUT2D eigenvalue weighted by atomic mass is 32.1. The van der Waals surface area contributed by atoms with Gasteiger partial charge < -0.3 is 5.32 Å². The maximum atomic E-state index is 13.4. The summed E-state index contributed by atoms with van der Waals surface area (Å²) in [4.78, 5) is 18.8. The summed E-state index contributed by atoms with van der Waals surface area (Å²) in [6, 6.07) is 7.82. The molecule has 29 heavy (non-hydrogen) atoms. The van der Waals surface area contributed by atoms with Gasteiger partial charge in [-0.2, -0.15) is 0 Å². The van der Waals surface area contributed by atoms with E-state index in [1.165, 1.54) is 17.4 Å². The van der Waals surface area contributed by atoms with E-state index < -0.39 is 11.6 Å². The van der Waals surface area contributed by atoms with Gasteiger partial charge in [-0.15, -0.1) is 11.3 Å². The van der Waals surface area contributed by atoms with Gasteiger partial charge in [0, 0.05) is 16.6 Å². The van der Waals surface area contributed by atoms with Gasteiger partial charge in [0.05, 0.1) is 18.8 Å². The summed E-state index contributed by atoms with van der Waals surface area (Å²) in [6.45, 7) is 6.69. The van der Waals surface area contributed by atoms with Gasteiger partial charge in [0.2, 0.25) is 5.91 Å². The van der Waals surface area contributed by atoms with Gasteiger partial charge in [-0.1, -0.05) is 17.7 Å². The van der Waals surface area contributed by atoms with Crippen molar-refractivity contribution in [2.45, 2.75) is 27.3 Å². The van der Waals surface area contributed by atoms with Crippen LogP contribution in [0.1, 0.15) is 21.7 Å². The number of likely N-dealkylation sites (N-methyl/N-ethyl adjacent to an activating group) is 1. The molecule has 1 N–H and O–H groups in total. The van der Waals surface area contributed by atoms with Crippen LogP contribution in [0.4, 0.5) is 14.5 Å². The van der Waals surface area contributed by atoms with E-state index in [0.717, 1.165) is 39.5 Å². The number of hydrogen-bond donors (Lipinski definition) is 1. The van der Waals surface area contributed by atoms with Gasteiger partial charge in [0.25, 0.3) is 0 Å². The van der Waals surface area contributed by atoms with E-state index >= 15 is 0 Å². The van der Waals surface area contributed by atoms with Crippen LogP contribution in [0.5, 0.6) is 0 Å². The molecule has 0 radical (unpaired) electrons. The predicted molar refractivity (Wildman–Crippen MR) is 113 cm³/mol. The molecule has 1 heterocycles. The van der Waals surface area contributed by atoms with Crippen LogP contribution in [-0.4, -0.2) is 29.4 Å². The van der Waals surface area contributed by atoms with Gasteiger partial charge in [-0.05, 0) is 57.1 Å². The Balaban J connectivity index is 1.61. The second-order valence-electron chi connectivity index (χ2n) is 7.25. The second kappa shape index (κ2) is 8.80. The van der Waals surface area contributed by atoms with Crippen LogP contribution in [0.3, 0.4) is 0 Å². The van der Waals surface area contributed by atoms with Crippen molar-refractivity contribution in [2.75, 3.05) is 18.9 Å². The summed E-state index contributed by atoms with van der Waals surface area (Å²) >= 11 is 1.42. The summed E-state index contributed by atoms with van der Waals surface area (Å²) < 4.78 is 26.5. The van der Waals surface area contributed by atoms with Crippen molar-refractivity contribution < 1.29 is 13.6 Å². The third-order valence-corrected chi connectivity index (χ3v) is 5.36. The lowest BCUT2D eigenvalue weighted by Crippen LogP contribution is -2.30. The van der Waals surface area contributed by atoms with E-state index in [2.05, 4.69) is 10.3 Å². The van der Waals surface area contributed by atoms with Crippen LogP contribution in [0.25, 0.3) is 11.3 Å². The minimum Gasteiger partial charge on any atom is -0.324 e. The quantitative estimate of drug-likeness (QED) is 0.610. The molecule has 0 atom stereocenters. The summed E-state index contributed by atoms with van der Waals surface area (Å²) in [5, 5.41) is 5.58. The first-order valence-electron chi connectivity index (χ1n) is 9.19. The highest BCUT2D eigenvalue weighted by Crippen LogP contribution is 2.25. The van der Waals surface area contributed by atoms with Crippen LogP contribution < -0.4 is 5.32 Å². The Morgan fingerprint density at radius 1 is 1.10 bits per heavy atom. The van der Waals surface area contributed by atoms with Crippen molar-refractivity contribution in [1.82, 2.24) is 9.88 Å². The minimum absolute atomic E-state index is 0.0973. The zero-order valence-corrected chi connectivity index (χ0v) is 17.7. The van der Waals surface area contributed by atoms with Crippen molar-refractivity contribution in [1.29, 1.82) is 0 Å². The number of aryl methyl sites for hydroxylation is 3. The maximum absolute atomic E-state index is 13.4. The molecule has 1 aromatic heterocycles. The Bertz CT molecular complexity index is 1030. The summed E-state index contributed by atoms with van der Waals surface area (Å²) in [5.41, 5.74) is 5.20. The van der Waals surface area contributed by atoms with Gasteiger partial charge in [-0.25, -0.2) is 13.8 Å². The summed E-state index contributed by atoms with van der Waals surface area (Å²) in [6.07, 6.45) is 0. The smallest absolute Gasteiger partial charge is 0.238 e. The molecule has 2 aromatic carbocycles. The highest BCUT2D eigenvalue weighted by Gasteiger charge is 2.13. The number of amides is 1. The number of carbonyl (C=O) groups is 1. The Morgan fingerprint density at radius 2 is 1.79 bits per heavy atom. The third-order valence-electron chi connectivity index (χ3n) is 4.53. The fraction of sp³-hybridized carbons (Fsp3) is 0.273. The average molecular weight is 416 g/mol. The molecule has 4 nitrogen and oxygen atoms in total. The lowest BCUT2D eigenvalue weighted by atomic mass is 10.1. The molecule has 0 unspecified atom stereocenters. The van der Waals surface area contributed by atoms with Crippen molar-refractivity contribution in [2.24, 2.45) is 0 Å². The monoisotopic (exact) mass is 415 g/mol. The van der Waals surface area contributed by atoms with Crippen molar-refractivity contribution in [3.05, 3.63) is 69.0 Å². The average Bonchev–Trinajstić information content (AvgIpc) is 3.08. The summed E-state index contributed by atoms with van der Waals surface area (Å²) in [7, 11) is 1.84. The molecule has 0 aliphatic heterocycles. The SMILES string of the molecule is Cc1cc(C)c(NC(=O)CN(C)Cc2nc(-c3ccc(F)c(F)c3)cs2)c(C)c1. The van der Waals surface area contributed by atoms with Crippen LogP contribution in [0.2, 0.25) is 0 Å². The number of thiazole rings is 1. The predicted octanol–water partition coefficient (Wildman–Crippen LogP) is 5.08. The normalized spacial score (nSPS) is 11.1. The molecule has 0 bridgehead atoms. The number of carbonyl (C=O) groups excluding carboxylic acids is 1. The standard InChI is InChI=1S/C22H23F2N3OS/c1-13-7-14(2)22(15(3)8-13)26-20(28)10-27(4)11-21-25-19(12-29-21)16-5-6-17(23)18(24)9-16/h5-9,12H,10-11H2,1-4H3,(H,26,28). The second-order valence-corrected chi connectivity index (χ2v) is 8.19. The number of nitrogens with one attached hydrogen (secondary N) is 1. The van der Waals surface area contributed by atoms with E-state index in [0.29, 0.717) is 17.8 Å². The molecule has 152 valence electrons. The van der Waals surface area contributed by atoms with Crippen LogP contribution in [0, 0.1) is 32.4 Å². The number of benzene rings is 2. The zero-order valence-electron chi connectivity index (χ0n) is 16.8. The molecular weight excluding hydrogens is 392 g/mol. The maximum Gasteiger partial charge on any atom is 0.238 e. The molecular formula is C22H23F2N3OS. The zero-order chi connectivity index (χ0) is 21.1. The number of anilines is 1. The molecule has 3 rings (SSSR count). The molecule has 0 saturated heterocycles. The Hall–Kier alpha value is -2.64. The molecule has 0 fully saturated rings. The number of aromatic nitrogens is 1. The molecule has 0 aliphatic carbocycles. The Kier molecular flexibility index (Phi) is 6.39. The van der Waals surface area contributed by atoms with E-state index in [-0.39, 0.29) is 12.5 Å². The number of rotatable bonds is 6. The minimum atomic E-state index is -0.896. The van der Waals surface area contributed by atoms with Gasteiger partial charge >= 0.3 is 0 Å². The van der Waals surface area contributed by atoms with Crippen LogP contribution in [-0.2, 0) is 11.3 Å². The molecule has 1 amide bonds. The number of hydrogen-bond acceptors (Lipinski definition) is 4. The van der Waals surface area contributed by atoms with Crippen LogP contribution in [0.15, 0.2) is 35.7 Å². The van der Waals surface area contributed by atoms with E-state index in [1.807, 2.05) is 44.9 Å². The van der Waals surface area contributed by atoms with Gasteiger partial charge in [0.1, 0.15) is 5.01 Å². The first kappa shape index (κ1) is 21.1. The van der Waals surface area contributed by atoms with Crippen LogP contribution >= 0.6 is 11.3 Å². The van der Waals surface area contributed by atoms with E-state index in [4.69, 9.17) is 0 Å². The topological polar surface area (TPSA) is 45.2 Å². The first-order valence-corrected chi connectivity index (χ1v) is 10.1. The molecule has 0 aliphatic rings. The fourth-order valence-electron chi connectivity index (χ4n) is 3.26. The number of halogens is 2. The van der Waals surface area contributed by atoms with E-state index in [1.54, 1.807) is 5.38 Å². The number of nitrogens with zero attached hydrogens (tertiary/aromatic N) is 2. The lowest BCUT2D eigenvalue weighted by Gasteiger charge is -2.17. The molecule has 0 saturated carbocycles. The molecule has 7 heteroatoms. The summed E-state index contributed by atoms with van der Waals surface area (Å²) in [5.74, 6) is -1.87. The van der Waals surface area contributed by atoms with Crippen molar-refractivity contribution >= 4 is 22.9 Å². The fourth-order valence-corrected chi connectivity index (χ4v) is 4.14. The van der Waals surface area contributed by atoms with Crippen molar-refractivity contribution in [3.8, 4) is 11.3 Å². The van der Waals surface area contributed by atoms with Crippen molar-refractivity contribution in [3.63, 3.8) is 0 Å². The Labute approximate surface area is 173 Å². The van der Waals surface area contributed by atoms with Gasteiger partial charge in [0.15, 0.2) is 11.6 Å². The first-order chi connectivity index (χ1) is 13.7. The third kappa shape index (κ3) is 5.25.